The van der Waals surface area contributed by atoms with Crippen LogP contribution in [0.1, 0.15) is 57.9 Å². The highest BCUT2D eigenvalue weighted by Crippen LogP contribution is 2.19. The zero-order chi connectivity index (χ0) is 17.5. The fraction of sp³-hybridized carbons (Fsp3) is 0.579. The molecule has 1 saturated carbocycles. The van der Waals surface area contributed by atoms with E-state index in [1.165, 1.54) is 11.0 Å². The van der Waals surface area contributed by atoms with Crippen LogP contribution in [0.2, 0.25) is 0 Å². The van der Waals surface area contributed by atoms with Gasteiger partial charge in [-0.3, -0.25) is 9.59 Å². The maximum absolute atomic E-state index is 14.0. The summed E-state index contributed by atoms with van der Waals surface area (Å²) in [6.45, 7) is 3.76. The minimum Gasteiger partial charge on any atom is -0.352 e. The highest BCUT2D eigenvalue weighted by atomic mass is 19.1. The van der Waals surface area contributed by atoms with Crippen molar-refractivity contribution in [2.75, 3.05) is 0 Å². The Morgan fingerprint density at radius 2 is 1.96 bits per heavy atom. The van der Waals surface area contributed by atoms with E-state index in [0.717, 1.165) is 25.7 Å². The van der Waals surface area contributed by atoms with Crippen molar-refractivity contribution in [2.24, 2.45) is 0 Å². The molecule has 1 aliphatic carbocycles. The van der Waals surface area contributed by atoms with Crippen LogP contribution in [0.25, 0.3) is 0 Å². The van der Waals surface area contributed by atoms with Gasteiger partial charge in [-0.05, 0) is 32.3 Å². The molecule has 0 saturated heterocycles. The van der Waals surface area contributed by atoms with Gasteiger partial charge in [0.25, 0.3) is 0 Å². The summed E-state index contributed by atoms with van der Waals surface area (Å²) >= 11 is 0. The molecule has 0 unspecified atom stereocenters. The Hall–Kier alpha value is -1.91. The smallest absolute Gasteiger partial charge is 0.242 e. The number of carbonyl (C=O) groups is 2. The number of carbonyl (C=O) groups excluding carboxylic acids is 2. The van der Waals surface area contributed by atoms with Crippen molar-refractivity contribution in [2.45, 2.75) is 71.0 Å². The molecule has 1 fully saturated rings. The van der Waals surface area contributed by atoms with Crippen molar-refractivity contribution >= 4 is 11.8 Å². The van der Waals surface area contributed by atoms with E-state index in [-0.39, 0.29) is 30.2 Å². The van der Waals surface area contributed by atoms with Crippen molar-refractivity contribution in [3.8, 4) is 0 Å². The van der Waals surface area contributed by atoms with Gasteiger partial charge in [0, 0.05) is 24.6 Å². The topological polar surface area (TPSA) is 49.4 Å². The number of hydrogen-bond acceptors (Lipinski definition) is 2. The van der Waals surface area contributed by atoms with E-state index in [9.17, 15) is 14.0 Å². The quantitative estimate of drug-likeness (QED) is 0.831. The van der Waals surface area contributed by atoms with Gasteiger partial charge in [-0.1, -0.05) is 38.0 Å². The van der Waals surface area contributed by atoms with Gasteiger partial charge in [0.15, 0.2) is 0 Å². The number of hydrogen-bond donors (Lipinski definition) is 1. The van der Waals surface area contributed by atoms with Crippen molar-refractivity contribution < 1.29 is 14.0 Å². The summed E-state index contributed by atoms with van der Waals surface area (Å²) in [7, 11) is 0. The van der Waals surface area contributed by atoms with E-state index in [4.69, 9.17) is 0 Å². The van der Waals surface area contributed by atoms with Gasteiger partial charge in [-0.15, -0.1) is 0 Å². The first kappa shape index (κ1) is 18.4. The molecule has 2 rings (SSSR count). The lowest BCUT2D eigenvalue weighted by Crippen LogP contribution is -2.49. The lowest BCUT2D eigenvalue weighted by atomic mass is 10.1. The van der Waals surface area contributed by atoms with Crippen molar-refractivity contribution in [3.63, 3.8) is 0 Å². The molecule has 0 radical (unpaired) electrons. The standard InChI is InChI=1S/C19H27FN2O2/c1-3-8-18(23)22(13-15-9-4-7-12-17(15)20)14(2)19(24)21-16-10-5-6-11-16/h4,7,9,12,14,16H,3,5-6,8,10-11,13H2,1-2H3,(H,21,24)/t14-/m0/s1. The van der Waals surface area contributed by atoms with Gasteiger partial charge in [-0.2, -0.15) is 0 Å². The second kappa shape index (κ2) is 8.81. The van der Waals surface area contributed by atoms with Gasteiger partial charge >= 0.3 is 0 Å². The lowest BCUT2D eigenvalue weighted by molar-refractivity contribution is -0.141. The average molecular weight is 334 g/mol. The first-order chi connectivity index (χ1) is 11.5. The number of rotatable bonds is 7. The molecule has 5 heteroatoms. The zero-order valence-corrected chi connectivity index (χ0v) is 14.6. The minimum absolute atomic E-state index is 0.116. The zero-order valence-electron chi connectivity index (χ0n) is 14.6. The highest BCUT2D eigenvalue weighted by molar-refractivity contribution is 5.87. The third kappa shape index (κ3) is 4.79. The van der Waals surface area contributed by atoms with E-state index in [2.05, 4.69) is 5.32 Å². The molecule has 0 aliphatic heterocycles. The molecule has 24 heavy (non-hydrogen) atoms. The molecule has 4 nitrogen and oxygen atoms in total. The van der Waals surface area contributed by atoms with E-state index in [1.807, 2.05) is 6.92 Å². The minimum atomic E-state index is -0.607. The summed E-state index contributed by atoms with van der Waals surface area (Å²) in [5.41, 5.74) is 0.433. The SMILES string of the molecule is CCCC(=O)N(Cc1ccccc1F)[C@@H](C)C(=O)NC1CCCC1. The summed E-state index contributed by atoms with van der Waals surface area (Å²) in [5, 5.41) is 3.03. The molecule has 0 bridgehead atoms. The Kier molecular flexibility index (Phi) is 6.76. The molecular formula is C19H27FN2O2. The molecular weight excluding hydrogens is 307 g/mol. The van der Waals surface area contributed by atoms with Crippen LogP contribution >= 0.6 is 0 Å². The van der Waals surface area contributed by atoms with Crippen molar-refractivity contribution in [3.05, 3.63) is 35.6 Å². The Morgan fingerprint density at radius 3 is 2.58 bits per heavy atom. The number of nitrogens with zero attached hydrogens (tertiary/aromatic N) is 1. The van der Waals surface area contributed by atoms with Crippen LogP contribution in [0.4, 0.5) is 4.39 Å². The predicted molar refractivity (Wildman–Crippen MR) is 91.7 cm³/mol. The van der Waals surface area contributed by atoms with Crippen LogP contribution < -0.4 is 5.32 Å². The molecule has 1 N–H and O–H groups in total. The Balaban J connectivity index is 2.10. The second-order valence-corrected chi connectivity index (χ2v) is 6.53. The van der Waals surface area contributed by atoms with Gasteiger partial charge in [0.2, 0.25) is 11.8 Å². The number of halogens is 1. The molecule has 2 amide bonds. The number of amides is 2. The first-order valence-electron chi connectivity index (χ1n) is 8.86. The van der Waals surface area contributed by atoms with Crippen molar-refractivity contribution in [1.29, 1.82) is 0 Å². The average Bonchev–Trinajstić information content (AvgIpc) is 3.06. The monoisotopic (exact) mass is 334 g/mol. The molecule has 0 spiro atoms. The molecule has 1 aliphatic rings. The van der Waals surface area contributed by atoms with E-state index >= 15 is 0 Å². The van der Waals surface area contributed by atoms with Crippen LogP contribution in [0.5, 0.6) is 0 Å². The van der Waals surface area contributed by atoms with Crippen LogP contribution in [0.3, 0.4) is 0 Å². The lowest BCUT2D eigenvalue weighted by Gasteiger charge is -2.29. The van der Waals surface area contributed by atoms with Gasteiger partial charge in [-0.25, -0.2) is 4.39 Å². The van der Waals surface area contributed by atoms with Gasteiger partial charge in [0.1, 0.15) is 11.9 Å². The Bertz CT molecular complexity index is 570. The van der Waals surface area contributed by atoms with Crippen LogP contribution in [-0.2, 0) is 16.1 Å². The fourth-order valence-corrected chi connectivity index (χ4v) is 3.14. The highest BCUT2D eigenvalue weighted by Gasteiger charge is 2.28. The normalized spacial score (nSPS) is 16.0. The third-order valence-electron chi connectivity index (χ3n) is 4.63. The molecule has 1 aromatic carbocycles. The van der Waals surface area contributed by atoms with Crippen LogP contribution in [-0.4, -0.2) is 28.8 Å². The van der Waals surface area contributed by atoms with E-state index < -0.39 is 6.04 Å². The number of benzene rings is 1. The first-order valence-corrected chi connectivity index (χ1v) is 8.86. The summed E-state index contributed by atoms with van der Waals surface area (Å²) in [6.07, 6.45) is 5.31. The predicted octanol–water partition coefficient (Wildman–Crippen LogP) is 3.40. The number of nitrogens with one attached hydrogen (secondary N) is 1. The van der Waals surface area contributed by atoms with E-state index in [1.54, 1.807) is 25.1 Å². The van der Waals surface area contributed by atoms with Gasteiger partial charge < -0.3 is 10.2 Å². The summed E-state index contributed by atoms with van der Waals surface area (Å²) in [5.74, 6) is -0.618. The molecule has 0 heterocycles. The molecule has 0 aromatic heterocycles. The summed E-state index contributed by atoms with van der Waals surface area (Å²) in [4.78, 5) is 26.5. The summed E-state index contributed by atoms with van der Waals surface area (Å²) in [6, 6.07) is 5.99. The largest absolute Gasteiger partial charge is 0.352 e. The van der Waals surface area contributed by atoms with Gasteiger partial charge in [0.05, 0.1) is 0 Å². The Morgan fingerprint density at radius 1 is 1.29 bits per heavy atom. The van der Waals surface area contributed by atoms with Crippen LogP contribution in [0, 0.1) is 5.82 Å². The summed E-state index contributed by atoms with van der Waals surface area (Å²) < 4.78 is 14.0. The fourth-order valence-electron chi connectivity index (χ4n) is 3.14. The maximum atomic E-state index is 14.0. The molecule has 1 aromatic rings. The molecule has 1 atom stereocenters. The molecule has 132 valence electrons. The maximum Gasteiger partial charge on any atom is 0.242 e. The van der Waals surface area contributed by atoms with E-state index in [0.29, 0.717) is 18.4 Å². The van der Waals surface area contributed by atoms with Crippen LogP contribution in [0.15, 0.2) is 24.3 Å². The second-order valence-electron chi connectivity index (χ2n) is 6.53. The Labute approximate surface area is 143 Å². The van der Waals surface area contributed by atoms with Crippen molar-refractivity contribution in [1.82, 2.24) is 10.2 Å². The third-order valence-corrected chi connectivity index (χ3v) is 4.63.